The van der Waals surface area contributed by atoms with Gasteiger partial charge in [0.2, 0.25) is 0 Å². The van der Waals surface area contributed by atoms with Crippen molar-refractivity contribution in [3.63, 3.8) is 0 Å². The molecule has 0 aliphatic heterocycles. The van der Waals surface area contributed by atoms with Gasteiger partial charge < -0.3 is 5.32 Å². The smallest absolute Gasteiger partial charge is 0.126 e. The van der Waals surface area contributed by atoms with Crippen LogP contribution in [0, 0.1) is 5.82 Å². The molecule has 0 bridgehead atoms. The van der Waals surface area contributed by atoms with Gasteiger partial charge in [-0.2, -0.15) is 0 Å². The summed E-state index contributed by atoms with van der Waals surface area (Å²) < 4.78 is 13.9. The number of thiophene rings is 1. The van der Waals surface area contributed by atoms with E-state index in [-0.39, 0.29) is 5.82 Å². The summed E-state index contributed by atoms with van der Waals surface area (Å²) in [6, 6.07) is 9.69. The largest absolute Gasteiger partial charge is 0.316 e. The van der Waals surface area contributed by atoms with Gasteiger partial charge in [-0.1, -0.05) is 18.2 Å². The Bertz CT molecular complexity index is 578. The highest BCUT2D eigenvalue weighted by molar-refractivity contribution is 7.10. The van der Waals surface area contributed by atoms with Crippen molar-refractivity contribution < 1.29 is 4.39 Å². The quantitative estimate of drug-likeness (QED) is 0.892. The van der Waals surface area contributed by atoms with E-state index in [1.54, 1.807) is 12.1 Å². The van der Waals surface area contributed by atoms with Crippen LogP contribution in [0.1, 0.15) is 34.8 Å². The fourth-order valence-electron chi connectivity index (χ4n) is 3.29. The lowest BCUT2D eigenvalue weighted by Gasteiger charge is -2.30. The van der Waals surface area contributed by atoms with Gasteiger partial charge >= 0.3 is 0 Å². The fraction of sp³-hybridized carbons (Fsp3) is 0.412. The van der Waals surface area contributed by atoms with Crippen LogP contribution in [0.2, 0.25) is 0 Å². The van der Waals surface area contributed by atoms with Crippen molar-refractivity contribution in [2.75, 3.05) is 7.05 Å². The van der Waals surface area contributed by atoms with Crippen LogP contribution in [0.4, 0.5) is 4.39 Å². The molecule has 1 nitrogen and oxygen atoms in total. The number of hydrogen-bond acceptors (Lipinski definition) is 2. The van der Waals surface area contributed by atoms with Crippen molar-refractivity contribution in [3.8, 4) is 0 Å². The molecule has 1 aromatic carbocycles. The van der Waals surface area contributed by atoms with Gasteiger partial charge in [-0.3, -0.25) is 0 Å². The molecular weight excluding hydrogens is 269 g/mol. The minimum absolute atomic E-state index is 0.0888. The van der Waals surface area contributed by atoms with E-state index < -0.39 is 0 Å². The molecule has 3 heteroatoms. The lowest BCUT2D eigenvalue weighted by molar-refractivity contribution is 0.409. The Morgan fingerprint density at radius 1 is 1.35 bits per heavy atom. The van der Waals surface area contributed by atoms with E-state index in [2.05, 4.69) is 16.8 Å². The zero-order valence-corrected chi connectivity index (χ0v) is 12.5. The summed E-state index contributed by atoms with van der Waals surface area (Å²) in [6.45, 7) is 0. The summed E-state index contributed by atoms with van der Waals surface area (Å²) in [6.07, 6.45) is 4.40. The molecule has 0 saturated carbocycles. The van der Waals surface area contributed by atoms with Crippen LogP contribution in [-0.4, -0.2) is 13.1 Å². The molecule has 1 aliphatic rings. The van der Waals surface area contributed by atoms with Crippen molar-refractivity contribution in [2.45, 2.75) is 37.6 Å². The minimum Gasteiger partial charge on any atom is -0.316 e. The fourth-order valence-corrected chi connectivity index (χ4v) is 4.28. The summed E-state index contributed by atoms with van der Waals surface area (Å²) in [5.74, 6) is 0.420. The number of likely N-dealkylation sites (N-methyl/N-ethyl adjacent to an activating group) is 1. The van der Waals surface area contributed by atoms with E-state index in [9.17, 15) is 4.39 Å². The molecule has 2 atom stereocenters. The molecule has 1 N–H and O–H groups in total. The summed E-state index contributed by atoms with van der Waals surface area (Å²) >= 11 is 1.86. The van der Waals surface area contributed by atoms with Gasteiger partial charge in [0.25, 0.3) is 0 Å². The number of nitrogens with one attached hydrogen (secondary N) is 1. The second-order valence-corrected chi connectivity index (χ2v) is 6.49. The standard InChI is InChI=1S/C17H20FNS/c1-19-16(11-12-5-2-3-7-15(12)18)13-6-4-8-17-14(13)9-10-20-17/h2-3,5,7,9-10,13,16,19H,4,6,8,11H2,1H3. The molecule has 106 valence electrons. The van der Waals surface area contributed by atoms with E-state index in [4.69, 9.17) is 0 Å². The Morgan fingerprint density at radius 3 is 3.00 bits per heavy atom. The molecule has 0 spiro atoms. The first-order valence-corrected chi connectivity index (χ1v) is 8.14. The van der Waals surface area contributed by atoms with Crippen molar-refractivity contribution in [1.82, 2.24) is 5.32 Å². The van der Waals surface area contributed by atoms with Crippen molar-refractivity contribution >= 4 is 11.3 Å². The van der Waals surface area contributed by atoms with Gasteiger partial charge in [0.1, 0.15) is 5.82 Å². The molecule has 1 aromatic heterocycles. The lowest BCUT2D eigenvalue weighted by Crippen LogP contribution is -2.35. The first-order chi connectivity index (χ1) is 9.79. The van der Waals surface area contributed by atoms with Crippen LogP contribution in [-0.2, 0) is 12.8 Å². The predicted molar refractivity (Wildman–Crippen MR) is 82.9 cm³/mol. The molecule has 20 heavy (non-hydrogen) atoms. The molecule has 1 heterocycles. The maximum Gasteiger partial charge on any atom is 0.126 e. The van der Waals surface area contributed by atoms with Crippen LogP contribution in [0.25, 0.3) is 0 Å². The summed E-state index contributed by atoms with van der Waals surface area (Å²) in [7, 11) is 1.99. The van der Waals surface area contributed by atoms with E-state index >= 15 is 0 Å². The number of hydrogen-bond donors (Lipinski definition) is 1. The van der Waals surface area contributed by atoms with E-state index in [0.717, 1.165) is 12.0 Å². The third-order valence-electron chi connectivity index (χ3n) is 4.35. The summed E-state index contributed by atoms with van der Waals surface area (Å²) in [4.78, 5) is 1.52. The average Bonchev–Trinajstić information content (AvgIpc) is 2.95. The Labute approximate surface area is 123 Å². The molecule has 0 amide bonds. The third kappa shape index (κ3) is 2.65. The van der Waals surface area contributed by atoms with Gasteiger partial charge in [0.15, 0.2) is 0 Å². The topological polar surface area (TPSA) is 12.0 Å². The molecular formula is C17H20FNS. The zero-order valence-electron chi connectivity index (χ0n) is 11.7. The van der Waals surface area contributed by atoms with Crippen LogP contribution in [0.5, 0.6) is 0 Å². The van der Waals surface area contributed by atoms with Crippen LogP contribution >= 0.6 is 11.3 Å². The van der Waals surface area contributed by atoms with Crippen LogP contribution < -0.4 is 5.32 Å². The van der Waals surface area contributed by atoms with Crippen molar-refractivity contribution in [2.24, 2.45) is 0 Å². The van der Waals surface area contributed by atoms with Crippen molar-refractivity contribution in [1.29, 1.82) is 0 Å². The second kappa shape index (κ2) is 6.06. The molecule has 2 unspecified atom stereocenters. The molecule has 2 aromatic rings. The van der Waals surface area contributed by atoms with Crippen LogP contribution in [0.15, 0.2) is 35.7 Å². The monoisotopic (exact) mass is 289 g/mol. The molecule has 0 radical (unpaired) electrons. The second-order valence-electron chi connectivity index (χ2n) is 5.49. The number of halogens is 1. The first kappa shape index (κ1) is 13.8. The number of benzene rings is 1. The summed E-state index contributed by atoms with van der Waals surface area (Å²) in [5.41, 5.74) is 2.30. The van der Waals surface area contributed by atoms with Crippen molar-refractivity contribution in [3.05, 3.63) is 57.5 Å². The van der Waals surface area contributed by atoms with Gasteiger partial charge in [-0.05, 0) is 61.4 Å². The number of fused-ring (bicyclic) bond motifs is 1. The van der Waals surface area contributed by atoms with Gasteiger partial charge in [-0.15, -0.1) is 11.3 Å². The predicted octanol–water partition coefficient (Wildman–Crippen LogP) is 4.14. The van der Waals surface area contributed by atoms with E-state index in [0.29, 0.717) is 12.0 Å². The highest BCUT2D eigenvalue weighted by atomic mass is 32.1. The zero-order chi connectivity index (χ0) is 13.9. The molecule has 1 aliphatic carbocycles. The number of aryl methyl sites for hydroxylation is 1. The van der Waals surface area contributed by atoms with E-state index in [1.165, 1.54) is 29.7 Å². The minimum atomic E-state index is -0.0888. The first-order valence-electron chi connectivity index (χ1n) is 7.26. The molecule has 3 rings (SSSR count). The summed E-state index contributed by atoms with van der Waals surface area (Å²) in [5, 5.41) is 5.61. The van der Waals surface area contributed by atoms with Gasteiger partial charge in [0.05, 0.1) is 0 Å². The highest BCUT2D eigenvalue weighted by Crippen LogP contribution is 2.37. The van der Waals surface area contributed by atoms with E-state index in [1.807, 2.05) is 30.5 Å². The Kier molecular flexibility index (Phi) is 4.18. The van der Waals surface area contributed by atoms with Gasteiger partial charge in [-0.25, -0.2) is 4.39 Å². The normalized spacial score (nSPS) is 19.6. The third-order valence-corrected chi connectivity index (χ3v) is 5.35. The molecule has 0 fully saturated rings. The Balaban J connectivity index is 1.83. The highest BCUT2D eigenvalue weighted by Gasteiger charge is 2.28. The number of rotatable bonds is 4. The van der Waals surface area contributed by atoms with Gasteiger partial charge in [0, 0.05) is 16.8 Å². The van der Waals surface area contributed by atoms with Crippen LogP contribution in [0.3, 0.4) is 0 Å². The Morgan fingerprint density at radius 2 is 2.20 bits per heavy atom. The lowest BCUT2D eigenvalue weighted by atomic mass is 9.80. The maximum atomic E-state index is 13.9. The average molecular weight is 289 g/mol. The Hall–Kier alpha value is -1.19. The SMILES string of the molecule is CNC(Cc1ccccc1F)C1CCCc2sccc21. The maximum absolute atomic E-state index is 13.9. The molecule has 0 saturated heterocycles.